The van der Waals surface area contributed by atoms with Crippen molar-refractivity contribution in [1.29, 1.82) is 0 Å². The predicted molar refractivity (Wildman–Crippen MR) is 78.2 cm³/mol. The maximum atomic E-state index is 13.6. The molecule has 3 heterocycles. The number of nitrogens with zero attached hydrogens (tertiary/aromatic N) is 3. The second-order valence-electron chi connectivity index (χ2n) is 4.90. The number of halogens is 1. The molecule has 4 heteroatoms. The van der Waals surface area contributed by atoms with E-state index in [9.17, 15) is 4.39 Å². The molecule has 0 unspecified atom stereocenters. The van der Waals surface area contributed by atoms with E-state index in [-0.39, 0.29) is 0 Å². The highest BCUT2D eigenvalue weighted by Gasteiger charge is 2.35. The van der Waals surface area contributed by atoms with Gasteiger partial charge in [-0.15, -0.1) is 0 Å². The molecule has 104 valence electrons. The zero-order chi connectivity index (χ0) is 14.7. The molecule has 3 aromatic heterocycles. The largest absolute Gasteiger partial charge is 0.260 e. The summed E-state index contributed by atoms with van der Waals surface area (Å²) in [5.74, 6) is -0.509. The number of pyridine rings is 3. The van der Waals surface area contributed by atoms with Crippen molar-refractivity contribution in [2.75, 3.05) is 0 Å². The molecule has 0 aliphatic rings. The minimum absolute atomic E-state index is 0.509. The monoisotopic (exact) mass is 279 g/mol. The summed E-state index contributed by atoms with van der Waals surface area (Å²) in [6.45, 7) is 1.96. The second kappa shape index (κ2) is 5.40. The number of aromatic nitrogens is 3. The first-order chi connectivity index (χ1) is 10.2. The molecule has 0 amide bonds. The van der Waals surface area contributed by atoms with Crippen molar-refractivity contribution in [3.63, 3.8) is 0 Å². The fraction of sp³-hybridized carbons (Fsp3) is 0.118. The molecule has 3 nitrogen and oxygen atoms in total. The summed E-state index contributed by atoms with van der Waals surface area (Å²) in [5.41, 5.74) is 1.44. The van der Waals surface area contributed by atoms with Gasteiger partial charge in [-0.2, -0.15) is 4.39 Å². The Morgan fingerprint density at radius 1 is 0.762 bits per heavy atom. The van der Waals surface area contributed by atoms with Gasteiger partial charge < -0.3 is 0 Å². The molecule has 3 aromatic rings. The standard InChI is InChI=1S/C17H14FN3/c1-17(13-7-2-4-11-19-13,14-8-3-5-12-20-14)15-9-6-10-16(18)21-15/h2-12H,1H3. The van der Waals surface area contributed by atoms with Crippen molar-refractivity contribution < 1.29 is 4.39 Å². The Balaban J connectivity index is 2.25. The Hall–Kier alpha value is -2.62. The zero-order valence-corrected chi connectivity index (χ0v) is 11.6. The first-order valence-corrected chi connectivity index (χ1v) is 6.67. The first-order valence-electron chi connectivity index (χ1n) is 6.67. The van der Waals surface area contributed by atoms with E-state index < -0.39 is 11.4 Å². The predicted octanol–water partition coefficient (Wildman–Crippen LogP) is 3.37. The molecule has 0 spiro atoms. The summed E-state index contributed by atoms with van der Waals surface area (Å²) in [5, 5.41) is 0. The molecule has 0 fully saturated rings. The fourth-order valence-corrected chi connectivity index (χ4v) is 2.40. The van der Waals surface area contributed by atoms with Gasteiger partial charge in [0.15, 0.2) is 0 Å². The molecule has 21 heavy (non-hydrogen) atoms. The highest BCUT2D eigenvalue weighted by molar-refractivity contribution is 5.40. The lowest BCUT2D eigenvalue weighted by Crippen LogP contribution is -2.29. The van der Waals surface area contributed by atoms with Crippen LogP contribution < -0.4 is 0 Å². The summed E-state index contributed by atoms with van der Waals surface area (Å²) in [6.07, 6.45) is 3.44. The van der Waals surface area contributed by atoms with Crippen molar-refractivity contribution in [2.24, 2.45) is 0 Å². The first kappa shape index (κ1) is 13.4. The molecule has 0 saturated carbocycles. The average Bonchev–Trinajstić information content (AvgIpc) is 2.56. The van der Waals surface area contributed by atoms with E-state index in [4.69, 9.17) is 0 Å². The van der Waals surface area contributed by atoms with E-state index in [2.05, 4.69) is 15.0 Å². The van der Waals surface area contributed by atoms with Crippen molar-refractivity contribution in [1.82, 2.24) is 15.0 Å². The minimum Gasteiger partial charge on any atom is -0.260 e. The van der Waals surface area contributed by atoms with Crippen LogP contribution in [0.25, 0.3) is 0 Å². The lowest BCUT2D eigenvalue weighted by Gasteiger charge is -2.28. The molecular formula is C17H14FN3. The molecule has 0 atom stereocenters. The van der Waals surface area contributed by atoms with Gasteiger partial charge >= 0.3 is 0 Å². The molecule has 0 aliphatic carbocycles. The van der Waals surface area contributed by atoms with Crippen LogP contribution in [0.5, 0.6) is 0 Å². The Morgan fingerprint density at radius 2 is 1.33 bits per heavy atom. The van der Waals surface area contributed by atoms with Crippen LogP contribution in [0.15, 0.2) is 67.0 Å². The zero-order valence-electron chi connectivity index (χ0n) is 11.6. The highest BCUT2D eigenvalue weighted by atomic mass is 19.1. The van der Waals surface area contributed by atoms with Crippen LogP contribution in [-0.4, -0.2) is 15.0 Å². The number of hydrogen-bond acceptors (Lipinski definition) is 3. The molecule has 0 radical (unpaired) electrons. The lowest BCUT2D eigenvalue weighted by atomic mass is 9.79. The normalized spacial score (nSPS) is 11.3. The van der Waals surface area contributed by atoms with Crippen molar-refractivity contribution >= 4 is 0 Å². The smallest absolute Gasteiger partial charge is 0.213 e. The van der Waals surface area contributed by atoms with Gasteiger partial charge in [0.2, 0.25) is 5.95 Å². The number of rotatable bonds is 3. The Morgan fingerprint density at radius 3 is 1.81 bits per heavy atom. The van der Waals surface area contributed by atoms with Crippen LogP contribution in [0.2, 0.25) is 0 Å². The lowest BCUT2D eigenvalue weighted by molar-refractivity contribution is 0.547. The van der Waals surface area contributed by atoms with Crippen LogP contribution in [0.4, 0.5) is 4.39 Å². The quantitative estimate of drug-likeness (QED) is 0.690. The molecule has 0 aromatic carbocycles. The Bertz CT molecular complexity index is 690. The third-order valence-electron chi connectivity index (χ3n) is 3.58. The maximum absolute atomic E-state index is 13.6. The molecule has 0 saturated heterocycles. The highest BCUT2D eigenvalue weighted by Crippen LogP contribution is 2.35. The molecule has 0 N–H and O–H groups in total. The van der Waals surface area contributed by atoms with E-state index in [0.29, 0.717) is 5.69 Å². The fourth-order valence-electron chi connectivity index (χ4n) is 2.40. The van der Waals surface area contributed by atoms with Gasteiger partial charge in [-0.1, -0.05) is 18.2 Å². The Labute approximate surface area is 122 Å². The van der Waals surface area contributed by atoms with E-state index in [0.717, 1.165) is 11.4 Å². The molecule has 0 bridgehead atoms. The Kier molecular flexibility index (Phi) is 3.44. The van der Waals surface area contributed by atoms with Crippen LogP contribution >= 0.6 is 0 Å². The summed E-state index contributed by atoms with van der Waals surface area (Å²) in [4.78, 5) is 12.9. The maximum Gasteiger partial charge on any atom is 0.213 e. The summed E-state index contributed by atoms with van der Waals surface area (Å²) >= 11 is 0. The van der Waals surface area contributed by atoms with E-state index >= 15 is 0 Å². The van der Waals surface area contributed by atoms with Gasteiger partial charge in [0.25, 0.3) is 0 Å². The minimum atomic E-state index is -0.704. The summed E-state index contributed by atoms with van der Waals surface area (Å²) < 4.78 is 13.6. The SMILES string of the molecule is CC(c1ccccn1)(c1ccccn1)c1cccc(F)n1. The molecule has 3 rings (SSSR count). The van der Waals surface area contributed by atoms with Gasteiger partial charge in [-0.05, 0) is 43.3 Å². The van der Waals surface area contributed by atoms with Gasteiger partial charge in [0.1, 0.15) is 0 Å². The van der Waals surface area contributed by atoms with E-state index in [1.54, 1.807) is 24.5 Å². The van der Waals surface area contributed by atoms with Crippen LogP contribution in [-0.2, 0) is 5.41 Å². The van der Waals surface area contributed by atoms with Gasteiger partial charge in [0, 0.05) is 12.4 Å². The van der Waals surface area contributed by atoms with E-state index in [1.165, 1.54) is 6.07 Å². The van der Waals surface area contributed by atoms with Crippen molar-refractivity contribution in [3.8, 4) is 0 Å². The van der Waals surface area contributed by atoms with Crippen molar-refractivity contribution in [3.05, 3.63) is 90.0 Å². The van der Waals surface area contributed by atoms with Gasteiger partial charge in [0.05, 0.1) is 22.5 Å². The third kappa shape index (κ3) is 2.40. The average molecular weight is 279 g/mol. The van der Waals surface area contributed by atoms with Crippen LogP contribution in [0.1, 0.15) is 24.0 Å². The summed E-state index contributed by atoms with van der Waals surface area (Å²) in [6, 6.07) is 16.1. The van der Waals surface area contributed by atoms with Gasteiger partial charge in [-0.25, -0.2) is 4.98 Å². The summed E-state index contributed by atoms with van der Waals surface area (Å²) in [7, 11) is 0. The van der Waals surface area contributed by atoms with Crippen LogP contribution in [0.3, 0.4) is 0 Å². The van der Waals surface area contributed by atoms with Crippen molar-refractivity contribution in [2.45, 2.75) is 12.3 Å². The topological polar surface area (TPSA) is 38.7 Å². The molecule has 0 aliphatic heterocycles. The van der Waals surface area contributed by atoms with Crippen LogP contribution in [0, 0.1) is 5.95 Å². The second-order valence-corrected chi connectivity index (χ2v) is 4.90. The van der Waals surface area contributed by atoms with E-state index in [1.807, 2.05) is 43.3 Å². The third-order valence-corrected chi connectivity index (χ3v) is 3.58. The number of hydrogen-bond donors (Lipinski definition) is 0. The van der Waals surface area contributed by atoms with Gasteiger partial charge in [-0.3, -0.25) is 9.97 Å². The molecular weight excluding hydrogens is 265 g/mol.